The number of rotatable bonds is 11. The number of hydrogen-bond donors (Lipinski definition) is 1. The Morgan fingerprint density at radius 1 is 0.826 bits per heavy atom. The summed E-state index contributed by atoms with van der Waals surface area (Å²) in [6.07, 6.45) is 0.151. The highest BCUT2D eigenvalue weighted by atomic mass is 35.5. The second-order valence-electron chi connectivity index (χ2n) is 11.9. The molecule has 46 heavy (non-hydrogen) atoms. The maximum absolute atomic E-state index is 14.7. The van der Waals surface area contributed by atoms with E-state index < -0.39 is 40.0 Å². The second-order valence-corrected chi connectivity index (χ2v) is 15.0. The molecule has 4 aromatic carbocycles. The minimum Gasteiger partial charge on any atom is -0.350 e. The van der Waals surface area contributed by atoms with Gasteiger partial charge in [-0.25, -0.2) is 8.42 Å². The number of carbonyl (C=O) groups is 2. The zero-order valence-corrected chi connectivity index (χ0v) is 29.1. The zero-order valence-electron chi connectivity index (χ0n) is 26.0. The fraction of sp³-hybridized carbons (Fsp3) is 0.257. The molecule has 0 radical (unpaired) electrons. The lowest BCUT2D eigenvalue weighted by atomic mass is 10.0. The van der Waals surface area contributed by atoms with E-state index in [9.17, 15) is 18.0 Å². The van der Waals surface area contributed by atoms with E-state index in [4.69, 9.17) is 34.8 Å². The number of nitrogens with zero attached hydrogens (tertiary/aromatic N) is 2. The first-order chi connectivity index (χ1) is 21.7. The SMILES string of the molecule is Cc1ccc(Cl)cc1N(CC(=O)N(Cc1c(Cl)cccc1Cl)C(Cc1ccccc1)C(=O)NC(C)(C)C)S(=O)(=O)c1ccccc1. The van der Waals surface area contributed by atoms with Crippen LogP contribution < -0.4 is 9.62 Å². The average molecular weight is 701 g/mol. The lowest BCUT2D eigenvalue weighted by molar-refractivity contribution is -0.140. The van der Waals surface area contributed by atoms with Crippen LogP contribution in [0.25, 0.3) is 0 Å². The summed E-state index contributed by atoms with van der Waals surface area (Å²) in [6, 6.07) is 25.9. The molecule has 0 aliphatic carbocycles. The highest BCUT2D eigenvalue weighted by Crippen LogP contribution is 2.31. The van der Waals surface area contributed by atoms with Crippen LogP contribution in [0.3, 0.4) is 0 Å². The molecule has 11 heteroatoms. The molecular weight excluding hydrogens is 665 g/mol. The molecule has 0 spiro atoms. The molecule has 0 bridgehead atoms. The number of carbonyl (C=O) groups excluding carboxylic acids is 2. The molecule has 0 aliphatic heterocycles. The molecule has 0 fully saturated rings. The Labute approximate surface area is 286 Å². The van der Waals surface area contributed by atoms with Gasteiger partial charge in [-0.05, 0) is 75.2 Å². The maximum atomic E-state index is 14.7. The topological polar surface area (TPSA) is 86.8 Å². The van der Waals surface area contributed by atoms with E-state index in [1.807, 2.05) is 51.1 Å². The predicted octanol–water partition coefficient (Wildman–Crippen LogP) is 7.71. The summed E-state index contributed by atoms with van der Waals surface area (Å²) in [5, 5.41) is 3.91. The number of benzene rings is 4. The summed E-state index contributed by atoms with van der Waals surface area (Å²) in [5.41, 5.74) is 1.43. The molecule has 7 nitrogen and oxygen atoms in total. The summed E-state index contributed by atoms with van der Waals surface area (Å²) < 4.78 is 29.4. The highest BCUT2D eigenvalue weighted by Gasteiger charge is 2.36. The molecule has 0 saturated carbocycles. The molecule has 1 unspecified atom stereocenters. The summed E-state index contributed by atoms with van der Waals surface area (Å²) in [7, 11) is -4.27. The third-order valence-corrected chi connectivity index (χ3v) is 9.93. The van der Waals surface area contributed by atoms with E-state index in [1.165, 1.54) is 23.1 Å². The van der Waals surface area contributed by atoms with Gasteiger partial charge in [-0.2, -0.15) is 0 Å². The molecule has 4 rings (SSSR count). The molecule has 0 heterocycles. The van der Waals surface area contributed by atoms with E-state index in [0.29, 0.717) is 26.2 Å². The second kappa shape index (κ2) is 14.9. The molecular formula is C35H36Cl3N3O4S. The van der Waals surface area contributed by atoms with E-state index in [0.717, 1.165) is 9.87 Å². The smallest absolute Gasteiger partial charge is 0.264 e. The van der Waals surface area contributed by atoms with Crippen molar-refractivity contribution in [3.8, 4) is 0 Å². The van der Waals surface area contributed by atoms with Crippen LogP contribution in [0, 0.1) is 6.92 Å². The van der Waals surface area contributed by atoms with Gasteiger partial charge in [0.25, 0.3) is 10.0 Å². The van der Waals surface area contributed by atoms with Gasteiger partial charge in [-0.1, -0.05) is 95.5 Å². The highest BCUT2D eigenvalue weighted by molar-refractivity contribution is 7.92. The predicted molar refractivity (Wildman–Crippen MR) is 186 cm³/mol. The Bertz CT molecular complexity index is 1780. The van der Waals surface area contributed by atoms with Crippen LogP contribution in [0.2, 0.25) is 15.1 Å². The number of sulfonamides is 1. The largest absolute Gasteiger partial charge is 0.350 e. The monoisotopic (exact) mass is 699 g/mol. The lowest BCUT2D eigenvalue weighted by Gasteiger charge is -2.36. The Balaban J connectivity index is 1.88. The quantitative estimate of drug-likeness (QED) is 0.174. The van der Waals surface area contributed by atoms with Gasteiger partial charge >= 0.3 is 0 Å². The van der Waals surface area contributed by atoms with Crippen LogP contribution in [0.15, 0.2) is 102 Å². The number of anilines is 1. The van der Waals surface area contributed by atoms with E-state index in [1.54, 1.807) is 55.5 Å². The van der Waals surface area contributed by atoms with Gasteiger partial charge in [0, 0.05) is 39.1 Å². The first-order valence-electron chi connectivity index (χ1n) is 14.6. The van der Waals surface area contributed by atoms with Gasteiger partial charge in [-0.15, -0.1) is 0 Å². The molecule has 0 aromatic heterocycles. The molecule has 0 saturated heterocycles. The van der Waals surface area contributed by atoms with Gasteiger partial charge in [0.1, 0.15) is 12.6 Å². The number of hydrogen-bond acceptors (Lipinski definition) is 4. The Hall–Kier alpha value is -3.56. The van der Waals surface area contributed by atoms with Crippen molar-refractivity contribution in [2.24, 2.45) is 0 Å². The molecule has 0 aliphatic rings. The first-order valence-corrected chi connectivity index (χ1v) is 17.2. The summed E-state index contributed by atoms with van der Waals surface area (Å²) >= 11 is 19.5. The van der Waals surface area contributed by atoms with Gasteiger partial charge in [0.05, 0.1) is 10.6 Å². The maximum Gasteiger partial charge on any atom is 0.264 e. The van der Waals surface area contributed by atoms with Crippen molar-refractivity contribution in [2.75, 3.05) is 10.8 Å². The zero-order chi connectivity index (χ0) is 33.6. The van der Waals surface area contributed by atoms with Gasteiger partial charge in [-0.3, -0.25) is 13.9 Å². The van der Waals surface area contributed by atoms with Crippen LogP contribution in [0.1, 0.15) is 37.5 Å². The number of nitrogens with one attached hydrogen (secondary N) is 1. The van der Waals surface area contributed by atoms with Crippen molar-refractivity contribution in [3.63, 3.8) is 0 Å². The van der Waals surface area contributed by atoms with Crippen molar-refractivity contribution in [1.82, 2.24) is 10.2 Å². The minimum absolute atomic E-state index is 0.00538. The molecule has 1 N–H and O–H groups in total. The summed E-state index contributed by atoms with van der Waals surface area (Å²) in [6.45, 7) is 6.49. The van der Waals surface area contributed by atoms with E-state index >= 15 is 0 Å². The number of aryl methyl sites for hydroxylation is 1. The number of amides is 2. The van der Waals surface area contributed by atoms with Crippen molar-refractivity contribution in [2.45, 2.75) is 57.1 Å². The standard InChI is InChI=1S/C35H36Cl3N3O4S/c1-24-18-19-26(36)21-31(24)41(46(44,45)27-14-9-6-10-15-27)23-33(42)40(22-28-29(37)16-11-17-30(28)38)32(34(43)39-35(2,3)4)20-25-12-7-5-8-13-25/h5-19,21,32H,20,22-23H2,1-4H3,(H,39,43). The third kappa shape index (κ3) is 8.82. The van der Waals surface area contributed by atoms with Crippen LogP contribution in [-0.2, 0) is 32.6 Å². The Morgan fingerprint density at radius 3 is 2.00 bits per heavy atom. The van der Waals surface area contributed by atoms with Crippen molar-refractivity contribution >= 4 is 62.3 Å². The van der Waals surface area contributed by atoms with Gasteiger partial charge in [0.2, 0.25) is 11.8 Å². The summed E-state index contributed by atoms with van der Waals surface area (Å²) in [4.78, 5) is 30.0. The van der Waals surface area contributed by atoms with E-state index in [-0.39, 0.29) is 23.5 Å². The van der Waals surface area contributed by atoms with Crippen molar-refractivity contribution in [3.05, 3.63) is 129 Å². The van der Waals surface area contributed by atoms with Crippen LogP contribution in [0.5, 0.6) is 0 Å². The lowest BCUT2D eigenvalue weighted by Crippen LogP contribution is -2.56. The fourth-order valence-electron chi connectivity index (χ4n) is 4.94. The third-order valence-electron chi connectivity index (χ3n) is 7.21. The normalized spacial score (nSPS) is 12.3. The van der Waals surface area contributed by atoms with Gasteiger partial charge in [0.15, 0.2) is 0 Å². The molecule has 2 amide bonds. The Morgan fingerprint density at radius 2 is 1.41 bits per heavy atom. The summed E-state index contributed by atoms with van der Waals surface area (Å²) in [5.74, 6) is -1.05. The van der Waals surface area contributed by atoms with Crippen LogP contribution >= 0.6 is 34.8 Å². The molecule has 4 aromatic rings. The molecule has 1 atom stereocenters. The molecule has 242 valence electrons. The van der Waals surface area contributed by atoms with Gasteiger partial charge < -0.3 is 10.2 Å². The van der Waals surface area contributed by atoms with Crippen LogP contribution in [-0.4, -0.2) is 43.3 Å². The minimum atomic E-state index is -4.27. The van der Waals surface area contributed by atoms with Crippen LogP contribution in [0.4, 0.5) is 5.69 Å². The van der Waals surface area contributed by atoms with Crippen molar-refractivity contribution in [1.29, 1.82) is 0 Å². The number of halogens is 3. The fourth-order valence-corrected chi connectivity index (χ4v) is 7.12. The average Bonchev–Trinajstić information content (AvgIpc) is 3.00. The Kier molecular flexibility index (Phi) is 11.4. The first kappa shape index (κ1) is 35.3. The van der Waals surface area contributed by atoms with Crippen molar-refractivity contribution < 1.29 is 18.0 Å². The van der Waals surface area contributed by atoms with E-state index in [2.05, 4.69) is 5.32 Å².